The third-order valence-electron chi connectivity index (χ3n) is 2.76. The van der Waals surface area contributed by atoms with E-state index in [-0.39, 0.29) is 0 Å². The van der Waals surface area contributed by atoms with E-state index in [1.807, 2.05) is 18.2 Å². The second kappa shape index (κ2) is 5.68. The summed E-state index contributed by atoms with van der Waals surface area (Å²) >= 11 is 7.76. The highest BCUT2D eigenvalue weighted by Crippen LogP contribution is 2.37. The van der Waals surface area contributed by atoms with Crippen LogP contribution in [0.25, 0.3) is 0 Å². The van der Waals surface area contributed by atoms with Gasteiger partial charge in [-0.05, 0) is 35.7 Å². The van der Waals surface area contributed by atoms with Crippen molar-refractivity contribution in [2.24, 2.45) is 0 Å². The molecule has 0 unspecified atom stereocenters. The van der Waals surface area contributed by atoms with Crippen LogP contribution in [0.15, 0.2) is 52.3 Å². The van der Waals surface area contributed by atoms with Crippen LogP contribution in [0.4, 0.5) is 5.69 Å². The summed E-state index contributed by atoms with van der Waals surface area (Å²) in [6.45, 7) is 4.38. The van der Waals surface area contributed by atoms with Gasteiger partial charge in [0.15, 0.2) is 0 Å². The number of rotatable bonds is 3. The minimum absolute atomic E-state index is 0.550. The molecule has 0 fully saturated rings. The van der Waals surface area contributed by atoms with Crippen molar-refractivity contribution in [1.29, 1.82) is 0 Å². The van der Waals surface area contributed by atoms with Crippen LogP contribution in [-0.2, 0) is 0 Å². The number of hydrogen-bond donors (Lipinski definition) is 1. The van der Waals surface area contributed by atoms with Crippen molar-refractivity contribution in [1.82, 2.24) is 0 Å². The lowest BCUT2D eigenvalue weighted by Gasteiger charge is -2.09. The Kier molecular flexibility index (Phi) is 4.20. The van der Waals surface area contributed by atoms with Crippen molar-refractivity contribution in [2.45, 2.75) is 29.6 Å². The van der Waals surface area contributed by atoms with E-state index in [1.165, 1.54) is 5.56 Å². The Labute approximate surface area is 117 Å². The first-order chi connectivity index (χ1) is 8.58. The van der Waals surface area contributed by atoms with E-state index >= 15 is 0 Å². The van der Waals surface area contributed by atoms with Gasteiger partial charge in [-0.3, -0.25) is 0 Å². The van der Waals surface area contributed by atoms with Crippen molar-refractivity contribution in [3.8, 4) is 0 Å². The molecule has 1 nitrogen and oxygen atoms in total. The van der Waals surface area contributed by atoms with Crippen molar-refractivity contribution < 1.29 is 0 Å². The topological polar surface area (TPSA) is 26.0 Å². The maximum atomic E-state index is 6.16. The van der Waals surface area contributed by atoms with Crippen molar-refractivity contribution in [2.75, 3.05) is 5.73 Å². The smallest absolute Gasteiger partial charge is 0.0566 e. The van der Waals surface area contributed by atoms with Gasteiger partial charge in [0.05, 0.1) is 9.92 Å². The molecule has 0 heterocycles. The Hall–Kier alpha value is -1.12. The summed E-state index contributed by atoms with van der Waals surface area (Å²) in [5.74, 6) is 0.550. The lowest BCUT2D eigenvalue weighted by molar-refractivity contribution is 0.865. The number of halogens is 1. The van der Waals surface area contributed by atoms with E-state index in [9.17, 15) is 0 Å². The number of nitrogen functional groups attached to an aromatic ring is 1. The summed E-state index contributed by atoms with van der Waals surface area (Å²) in [5, 5.41) is 0.702. The molecular formula is C15H16ClNS. The van der Waals surface area contributed by atoms with Gasteiger partial charge in [0.2, 0.25) is 0 Å². The molecule has 0 radical (unpaired) electrons. The fourth-order valence-electron chi connectivity index (χ4n) is 1.67. The predicted octanol–water partition coefficient (Wildman–Crippen LogP) is 5.20. The largest absolute Gasteiger partial charge is 0.398 e. The maximum Gasteiger partial charge on any atom is 0.0566 e. The molecule has 0 aromatic heterocycles. The average molecular weight is 278 g/mol. The van der Waals surface area contributed by atoms with E-state index in [4.69, 9.17) is 17.3 Å². The van der Waals surface area contributed by atoms with Crippen LogP contribution in [0.2, 0.25) is 5.02 Å². The Morgan fingerprint density at radius 3 is 2.28 bits per heavy atom. The highest BCUT2D eigenvalue weighted by molar-refractivity contribution is 7.99. The summed E-state index contributed by atoms with van der Waals surface area (Å²) in [7, 11) is 0. The van der Waals surface area contributed by atoms with Gasteiger partial charge < -0.3 is 5.73 Å². The molecule has 2 aromatic carbocycles. The first-order valence-electron chi connectivity index (χ1n) is 5.89. The van der Waals surface area contributed by atoms with Gasteiger partial charge in [-0.2, -0.15) is 0 Å². The molecule has 0 aliphatic heterocycles. The minimum atomic E-state index is 0.550. The normalized spacial score (nSPS) is 10.9. The van der Waals surface area contributed by atoms with Crippen molar-refractivity contribution >= 4 is 29.1 Å². The molecule has 3 heteroatoms. The van der Waals surface area contributed by atoms with Gasteiger partial charge in [-0.1, -0.05) is 55.4 Å². The van der Waals surface area contributed by atoms with Gasteiger partial charge in [-0.25, -0.2) is 0 Å². The number of hydrogen-bond acceptors (Lipinski definition) is 2. The lowest BCUT2D eigenvalue weighted by Crippen LogP contribution is -1.89. The molecule has 0 bridgehead atoms. The predicted molar refractivity (Wildman–Crippen MR) is 80.5 cm³/mol. The SMILES string of the molecule is CC(C)c1ccc(Sc2c(N)cccc2Cl)cc1. The molecular weight excluding hydrogens is 262 g/mol. The molecule has 0 saturated heterocycles. The molecule has 0 amide bonds. The molecule has 94 valence electrons. The standard InChI is InChI=1S/C15H16ClNS/c1-10(2)11-6-8-12(9-7-11)18-15-13(16)4-3-5-14(15)17/h3-10H,17H2,1-2H3. The average Bonchev–Trinajstić information content (AvgIpc) is 2.34. The van der Waals surface area contributed by atoms with E-state index in [0.29, 0.717) is 10.9 Å². The Bertz CT molecular complexity index is 514. The number of benzene rings is 2. The monoisotopic (exact) mass is 277 g/mol. The van der Waals surface area contributed by atoms with Crippen molar-refractivity contribution in [3.63, 3.8) is 0 Å². The van der Waals surface area contributed by atoms with Gasteiger partial charge in [0.1, 0.15) is 0 Å². The first kappa shape index (κ1) is 13.3. The maximum absolute atomic E-state index is 6.16. The van der Waals surface area contributed by atoms with Crippen molar-refractivity contribution in [3.05, 3.63) is 53.1 Å². The lowest BCUT2D eigenvalue weighted by atomic mass is 10.0. The zero-order valence-electron chi connectivity index (χ0n) is 10.5. The van der Waals surface area contributed by atoms with Crippen LogP contribution in [0, 0.1) is 0 Å². The molecule has 2 rings (SSSR count). The van der Waals surface area contributed by atoms with Crippen LogP contribution >= 0.6 is 23.4 Å². The summed E-state index contributed by atoms with van der Waals surface area (Å²) in [6.07, 6.45) is 0. The van der Waals surface area contributed by atoms with E-state index in [0.717, 1.165) is 15.5 Å². The van der Waals surface area contributed by atoms with Crippen LogP contribution < -0.4 is 5.73 Å². The molecule has 2 aromatic rings. The third kappa shape index (κ3) is 3.01. The second-order valence-corrected chi connectivity index (χ2v) is 5.97. The van der Waals surface area contributed by atoms with Crippen LogP contribution in [0.1, 0.15) is 25.3 Å². The molecule has 0 saturated carbocycles. The fourth-order valence-corrected chi connectivity index (χ4v) is 2.83. The Morgan fingerprint density at radius 2 is 1.72 bits per heavy atom. The molecule has 0 atom stereocenters. The van der Waals surface area contributed by atoms with Gasteiger partial charge in [0, 0.05) is 10.6 Å². The third-order valence-corrected chi connectivity index (χ3v) is 4.36. The molecule has 0 spiro atoms. The molecule has 2 N–H and O–H groups in total. The zero-order chi connectivity index (χ0) is 13.1. The number of anilines is 1. The molecule has 0 aliphatic rings. The van der Waals surface area contributed by atoms with Gasteiger partial charge in [0.25, 0.3) is 0 Å². The summed E-state index contributed by atoms with van der Waals surface area (Å²) < 4.78 is 0. The van der Waals surface area contributed by atoms with Crippen LogP contribution in [0.5, 0.6) is 0 Å². The minimum Gasteiger partial charge on any atom is -0.398 e. The summed E-state index contributed by atoms with van der Waals surface area (Å²) in [4.78, 5) is 2.08. The summed E-state index contributed by atoms with van der Waals surface area (Å²) in [6, 6.07) is 14.1. The fraction of sp³-hybridized carbons (Fsp3) is 0.200. The van der Waals surface area contributed by atoms with Gasteiger partial charge in [-0.15, -0.1) is 0 Å². The van der Waals surface area contributed by atoms with E-state index in [1.54, 1.807) is 11.8 Å². The molecule has 0 aliphatic carbocycles. The quantitative estimate of drug-likeness (QED) is 0.781. The highest BCUT2D eigenvalue weighted by atomic mass is 35.5. The Morgan fingerprint density at radius 1 is 1.06 bits per heavy atom. The second-order valence-electron chi connectivity index (χ2n) is 4.48. The van der Waals surface area contributed by atoms with Gasteiger partial charge >= 0.3 is 0 Å². The van der Waals surface area contributed by atoms with Crippen LogP contribution in [0.3, 0.4) is 0 Å². The van der Waals surface area contributed by atoms with E-state index < -0.39 is 0 Å². The first-order valence-corrected chi connectivity index (χ1v) is 7.09. The van der Waals surface area contributed by atoms with Crippen LogP contribution in [-0.4, -0.2) is 0 Å². The highest BCUT2D eigenvalue weighted by Gasteiger charge is 2.07. The molecule has 18 heavy (non-hydrogen) atoms. The summed E-state index contributed by atoms with van der Waals surface area (Å²) in [5.41, 5.74) is 8.00. The zero-order valence-corrected chi connectivity index (χ0v) is 12.1. The number of nitrogens with two attached hydrogens (primary N) is 1. The Balaban J connectivity index is 2.24. The van der Waals surface area contributed by atoms with E-state index in [2.05, 4.69) is 38.1 Å².